The van der Waals surface area contributed by atoms with Crippen molar-refractivity contribution < 1.29 is 13.2 Å². The summed E-state index contributed by atoms with van der Waals surface area (Å²) in [5.41, 5.74) is 1.67. The highest BCUT2D eigenvalue weighted by Crippen LogP contribution is 2.31. The van der Waals surface area contributed by atoms with Gasteiger partial charge in [-0.25, -0.2) is 0 Å². The van der Waals surface area contributed by atoms with Gasteiger partial charge in [-0.05, 0) is 41.3 Å². The van der Waals surface area contributed by atoms with E-state index in [-0.39, 0.29) is 11.4 Å². The number of rotatable bonds is 4. The summed E-state index contributed by atoms with van der Waals surface area (Å²) in [7, 11) is 0. The first kappa shape index (κ1) is 19.6. The lowest BCUT2D eigenvalue weighted by Crippen LogP contribution is -2.14. The molecule has 0 spiro atoms. The molecule has 3 aromatic rings. The predicted molar refractivity (Wildman–Crippen MR) is 103 cm³/mol. The van der Waals surface area contributed by atoms with Crippen LogP contribution in [0.3, 0.4) is 0 Å². The molecular weight excluding hydrogens is 367 g/mol. The van der Waals surface area contributed by atoms with Crippen molar-refractivity contribution in [1.29, 1.82) is 0 Å². The third-order valence-electron chi connectivity index (χ3n) is 4.03. The molecule has 2 N–H and O–H groups in total. The van der Waals surface area contributed by atoms with Crippen LogP contribution in [-0.4, -0.2) is 15.2 Å². The van der Waals surface area contributed by atoms with Crippen LogP contribution >= 0.6 is 0 Å². The molecule has 146 valence electrons. The van der Waals surface area contributed by atoms with Gasteiger partial charge in [-0.1, -0.05) is 39.0 Å². The fourth-order valence-electron chi connectivity index (χ4n) is 2.67. The minimum atomic E-state index is -4.37. The van der Waals surface area contributed by atoms with Crippen LogP contribution in [0.4, 0.5) is 36.3 Å². The second kappa shape index (κ2) is 7.46. The molecule has 0 radical (unpaired) electrons. The van der Waals surface area contributed by atoms with Crippen LogP contribution in [0, 0.1) is 0 Å². The Kier molecular flexibility index (Phi) is 5.22. The fourth-order valence-corrected chi connectivity index (χ4v) is 2.67. The number of para-hydroxylation sites is 1. The quantitative estimate of drug-likeness (QED) is 0.603. The lowest BCUT2D eigenvalue weighted by molar-refractivity contribution is -0.137. The summed E-state index contributed by atoms with van der Waals surface area (Å²) in [6.45, 7) is 6.34. The average Bonchev–Trinajstić information content (AvgIpc) is 2.61. The second-order valence-corrected chi connectivity index (χ2v) is 7.29. The Hall–Kier alpha value is -3.16. The number of aromatic nitrogens is 3. The van der Waals surface area contributed by atoms with Crippen molar-refractivity contribution in [2.75, 3.05) is 10.6 Å². The molecule has 1 aromatic heterocycles. The van der Waals surface area contributed by atoms with Gasteiger partial charge in [0.05, 0.1) is 11.8 Å². The largest absolute Gasteiger partial charge is 0.416 e. The normalized spacial score (nSPS) is 11.9. The molecule has 0 aliphatic heterocycles. The summed E-state index contributed by atoms with van der Waals surface area (Å²) in [5, 5.41) is 13.9. The van der Waals surface area contributed by atoms with E-state index in [1.165, 1.54) is 18.3 Å². The first-order valence-electron chi connectivity index (χ1n) is 8.63. The van der Waals surface area contributed by atoms with E-state index in [1.807, 2.05) is 24.3 Å². The molecule has 0 saturated carbocycles. The predicted octanol–water partition coefficient (Wildman–Crippen LogP) is 5.68. The molecule has 1 heterocycles. The number of hydrogen-bond acceptors (Lipinski definition) is 5. The Morgan fingerprint density at radius 2 is 1.54 bits per heavy atom. The van der Waals surface area contributed by atoms with Gasteiger partial charge in [0.2, 0.25) is 5.95 Å². The molecule has 3 rings (SSSR count). The van der Waals surface area contributed by atoms with Crippen LogP contribution in [0.25, 0.3) is 0 Å². The number of benzene rings is 2. The van der Waals surface area contributed by atoms with E-state index in [1.54, 1.807) is 0 Å². The zero-order valence-corrected chi connectivity index (χ0v) is 15.7. The van der Waals surface area contributed by atoms with Gasteiger partial charge in [-0.2, -0.15) is 23.3 Å². The van der Waals surface area contributed by atoms with Crippen molar-refractivity contribution >= 4 is 23.1 Å². The maximum Gasteiger partial charge on any atom is 0.416 e. The summed E-state index contributed by atoms with van der Waals surface area (Å²) >= 11 is 0. The summed E-state index contributed by atoms with van der Waals surface area (Å²) < 4.78 is 38.0. The minimum Gasteiger partial charge on any atom is -0.339 e. The number of anilines is 4. The highest BCUT2D eigenvalue weighted by atomic mass is 19.4. The highest BCUT2D eigenvalue weighted by molar-refractivity contribution is 5.63. The maximum atomic E-state index is 12.7. The fraction of sp³-hybridized carbons (Fsp3) is 0.250. The van der Waals surface area contributed by atoms with E-state index < -0.39 is 11.7 Å². The van der Waals surface area contributed by atoms with Crippen LogP contribution in [0.5, 0.6) is 0 Å². The first-order chi connectivity index (χ1) is 13.1. The van der Waals surface area contributed by atoms with E-state index in [0.717, 1.165) is 23.4 Å². The summed E-state index contributed by atoms with van der Waals surface area (Å²) in [4.78, 5) is 4.34. The number of nitrogens with one attached hydrogen (secondary N) is 2. The van der Waals surface area contributed by atoms with E-state index in [0.29, 0.717) is 11.5 Å². The topological polar surface area (TPSA) is 62.7 Å². The zero-order chi connectivity index (χ0) is 20.4. The lowest BCUT2D eigenvalue weighted by atomic mass is 9.86. The third-order valence-corrected chi connectivity index (χ3v) is 4.03. The zero-order valence-electron chi connectivity index (χ0n) is 15.7. The molecule has 8 heteroatoms. The molecule has 0 atom stereocenters. The molecule has 2 aromatic carbocycles. The standard InChI is InChI=1S/C20H20F3N5/c1-19(2,3)15-6-4-5-7-16(15)26-17-12-24-28-18(27-17)25-14-10-8-13(9-11-14)20(21,22)23/h4-12H,1-3H3,(H2,25,26,27,28). The van der Waals surface area contributed by atoms with Crippen molar-refractivity contribution in [2.45, 2.75) is 32.4 Å². The second-order valence-electron chi connectivity index (χ2n) is 7.29. The van der Waals surface area contributed by atoms with Crippen LogP contribution < -0.4 is 10.6 Å². The summed E-state index contributed by atoms with van der Waals surface area (Å²) in [5.74, 6) is 0.652. The Morgan fingerprint density at radius 3 is 2.18 bits per heavy atom. The van der Waals surface area contributed by atoms with Gasteiger partial charge in [0.25, 0.3) is 0 Å². The first-order valence-corrected chi connectivity index (χ1v) is 8.63. The molecule has 0 aliphatic rings. The van der Waals surface area contributed by atoms with Crippen molar-refractivity contribution in [2.24, 2.45) is 0 Å². The van der Waals surface area contributed by atoms with E-state index in [9.17, 15) is 13.2 Å². The van der Waals surface area contributed by atoms with Gasteiger partial charge >= 0.3 is 6.18 Å². The highest BCUT2D eigenvalue weighted by Gasteiger charge is 2.29. The molecule has 0 amide bonds. The Morgan fingerprint density at radius 1 is 0.857 bits per heavy atom. The molecular formula is C20H20F3N5. The van der Waals surface area contributed by atoms with Crippen LogP contribution in [0.15, 0.2) is 54.7 Å². The maximum absolute atomic E-state index is 12.7. The SMILES string of the molecule is CC(C)(C)c1ccccc1Nc1cnnc(Nc2ccc(C(F)(F)F)cc2)n1. The number of halogens is 3. The Labute approximate surface area is 161 Å². The van der Waals surface area contributed by atoms with E-state index >= 15 is 0 Å². The number of alkyl halides is 3. The van der Waals surface area contributed by atoms with Gasteiger partial charge in [0.15, 0.2) is 5.82 Å². The molecule has 0 unspecified atom stereocenters. The monoisotopic (exact) mass is 387 g/mol. The van der Waals surface area contributed by atoms with Crippen molar-refractivity contribution in [3.05, 3.63) is 65.9 Å². The lowest BCUT2D eigenvalue weighted by Gasteiger charge is -2.23. The van der Waals surface area contributed by atoms with Gasteiger partial charge in [-0.3, -0.25) is 0 Å². The van der Waals surface area contributed by atoms with Crippen LogP contribution in [-0.2, 0) is 11.6 Å². The molecule has 0 saturated heterocycles. The van der Waals surface area contributed by atoms with Crippen molar-refractivity contribution in [3.63, 3.8) is 0 Å². The average molecular weight is 387 g/mol. The third kappa shape index (κ3) is 4.76. The van der Waals surface area contributed by atoms with Gasteiger partial charge < -0.3 is 10.6 Å². The van der Waals surface area contributed by atoms with E-state index in [2.05, 4.69) is 46.6 Å². The summed E-state index contributed by atoms with van der Waals surface area (Å²) in [6.07, 6.45) is -2.89. The van der Waals surface area contributed by atoms with Gasteiger partial charge in [0, 0.05) is 11.4 Å². The molecule has 0 aliphatic carbocycles. The molecule has 0 fully saturated rings. The smallest absolute Gasteiger partial charge is 0.339 e. The molecule has 0 bridgehead atoms. The van der Waals surface area contributed by atoms with Gasteiger partial charge in [-0.15, -0.1) is 5.10 Å². The van der Waals surface area contributed by atoms with Crippen LogP contribution in [0.2, 0.25) is 0 Å². The van der Waals surface area contributed by atoms with Crippen molar-refractivity contribution in [1.82, 2.24) is 15.2 Å². The van der Waals surface area contributed by atoms with E-state index in [4.69, 9.17) is 0 Å². The Balaban J connectivity index is 1.79. The van der Waals surface area contributed by atoms with Crippen molar-refractivity contribution in [3.8, 4) is 0 Å². The number of nitrogens with zero attached hydrogens (tertiary/aromatic N) is 3. The van der Waals surface area contributed by atoms with Crippen LogP contribution in [0.1, 0.15) is 31.9 Å². The van der Waals surface area contributed by atoms with Gasteiger partial charge in [0.1, 0.15) is 0 Å². The molecule has 28 heavy (non-hydrogen) atoms. The Bertz CT molecular complexity index is 947. The molecule has 5 nitrogen and oxygen atoms in total. The minimum absolute atomic E-state index is 0.0641. The summed E-state index contributed by atoms with van der Waals surface area (Å²) in [6, 6.07) is 12.5. The number of hydrogen-bond donors (Lipinski definition) is 2.